The molecule has 2 unspecified atom stereocenters. The number of amides is 1. The second-order valence-electron chi connectivity index (χ2n) is 5.07. The summed E-state index contributed by atoms with van der Waals surface area (Å²) in [5.74, 6) is 0.0366. The molecule has 1 saturated heterocycles. The number of nitrogens with zero attached hydrogens (tertiary/aromatic N) is 1. The Bertz CT molecular complexity index is 447. The minimum atomic E-state index is -0.226. The van der Waals surface area contributed by atoms with Gasteiger partial charge in [-0.15, -0.1) is 0 Å². The molecule has 1 fully saturated rings. The number of benzene rings is 1. The van der Waals surface area contributed by atoms with Gasteiger partial charge in [0.2, 0.25) is 5.91 Å². The average molecular weight is 277 g/mol. The summed E-state index contributed by atoms with van der Waals surface area (Å²) in [6, 6.07) is 7.76. The Morgan fingerprint density at radius 3 is 2.85 bits per heavy atom. The van der Waals surface area contributed by atoms with Crippen molar-refractivity contribution in [3.63, 3.8) is 0 Å². The molecule has 0 aromatic heterocycles. The number of carbonyl (C=O) groups is 1. The highest BCUT2D eigenvalue weighted by molar-refractivity contribution is 5.82. The SMILES string of the molecule is CCNC(=O)C1COCCN1C(C)c1ccc(N)cc1. The van der Waals surface area contributed by atoms with Crippen LogP contribution >= 0.6 is 0 Å². The van der Waals surface area contributed by atoms with Gasteiger partial charge in [0, 0.05) is 24.8 Å². The van der Waals surface area contributed by atoms with Gasteiger partial charge >= 0.3 is 0 Å². The quantitative estimate of drug-likeness (QED) is 0.811. The maximum Gasteiger partial charge on any atom is 0.239 e. The van der Waals surface area contributed by atoms with Gasteiger partial charge in [0.15, 0.2) is 0 Å². The number of carbonyl (C=O) groups excluding carboxylic acids is 1. The predicted molar refractivity (Wildman–Crippen MR) is 79.3 cm³/mol. The summed E-state index contributed by atoms with van der Waals surface area (Å²) in [6.07, 6.45) is 0. The molecule has 0 aliphatic carbocycles. The van der Waals surface area contributed by atoms with Crippen LogP contribution in [0.4, 0.5) is 5.69 Å². The minimum Gasteiger partial charge on any atom is -0.399 e. The Kier molecular flexibility index (Phi) is 4.98. The van der Waals surface area contributed by atoms with Gasteiger partial charge in [-0.1, -0.05) is 12.1 Å². The first-order valence-corrected chi connectivity index (χ1v) is 7.10. The van der Waals surface area contributed by atoms with E-state index in [1.165, 1.54) is 0 Å². The molecule has 3 N–H and O–H groups in total. The molecule has 0 saturated carbocycles. The predicted octanol–water partition coefficient (Wildman–Crippen LogP) is 1.17. The lowest BCUT2D eigenvalue weighted by Crippen LogP contribution is -2.54. The third-order valence-corrected chi connectivity index (χ3v) is 3.74. The zero-order valence-electron chi connectivity index (χ0n) is 12.1. The van der Waals surface area contributed by atoms with Crippen LogP contribution in [0.1, 0.15) is 25.5 Å². The number of hydrogen-bond donors (Lipinski definition) is 2. The molecule has 1 amide bonds. The Morgan fingerprint density at radius 2 is 2.20 bits per heavy atom. The largest absolute Gasteiger partial charge is 0.399 e. The highest BCUT2D eigenvalue weighted by Crippen LogP contribution is 2.25. The van der Waals surface area contributed by atoms with Gasteiger partial charge in [0.1, 0.15) is 6.04 Å². The van der Waals surface area contributed by atoms with Crippen molar-refractivity contribution < 1.29 is 9.53 Å². The smallest absolute Gasteiger partial charge is 0.239 e. The summed E-state index contributed by atoms with van der Waals surface area (Å²) in [4.78, 5) is 14.3. The highest BCUT2D eigenvalue weighted by Gasteiger charge is 2.32. The molecule has 1 aromatic rings. The molecule has 5 heteroatoms. The van der Waals surface area contributed by atoms with Gasteiger partial charge in [0.25, 0.3) is 0 Å². The molecule has 20 heavy (non-hydrogen) atoms. The van der Waals surface area contributed by atoms with Crippen LogP contribution in [-0.4, -0.2) is 43.2 Å². The van der Waals surface area contributed by atoms with Crippen molar-refractivity contribution in [1.82, 2.24) is 10.2 Å². The van der Waals surface area contributed by atoms with Crippen molar-refractivity contribution in [3.05, 3.63) is 29.8 Å². The van der Waals surface area contributed by atoms with E-state index >= 15 is 0 Å². The van der Waals surface area contributed by atoms with E-state index in [1.807, 2.05) is 31.2 Å². The molecular formula is C15H23N3O2. The van der Waals surface area contributed by atoms with E-state index in [2.05, 4.69) is 17.1 Å². The Balaban J connectivity index is 2.14. The van der Waals surface area contributed by atoms with Gasteiger partial charge in [-0.3, -0.25) is 9.69 Å². The number of ether oxygens (including phenoxy) is 1. The molecule has 1 aliphatic heterocycles. The summed E-state index contributed by atoms with van der Waals surface area (Å²) >= 11 is 0. The van der Waals surface area contributed by atoms with Gasteiger partial charge in [0.05, 0.1) is 13.2 Å². The number of anilines is 1. The van der Waals surface area contributed by atoms with Crippen molar-refractivity contribution in [2.75, 3.05) is 32.0 Å². The fourth-order valence-electron chi connectivity index (χ4n) is 2.56. The van der Waals surface area contributed by atoms with Crippen LogP contribution < -0.4 is 11.1 Å². The molecule has 0 bridgehead atoms. The lowest BCUT2D eigenvalue weighted by molar-refractivity contribution is -0.134. The number of likely N-dealkylation sites (N-methyl/N-ethyl adjacent to an activating group) is 1. The molecule has 1 aliphatic rings. The summed E-state index contributed by atoms with van der Waals surface area (Å²) in [7, 11) is 0. The highest BCUT2D eigenvalue weighted by atomic mass is 16.5. The van der Waals surface area contributed by atoms with E-state index < -0.39 is 0 Å². The van der Waals surface area contributed by atoms with Crippen molar-refractivity contribution in [3.8, 4) is 0 Å². The summed E-state index contributed by atoms with van der Waals surface area (Å²) in [5.41, 5.74) is 7.64. The second-order valence-corrected chi connectivity index (χ2v) is 5.07. The first-order chi connectivity index (χ1) is 9.63. The second kappa shape index (κ2) is 6.72. The maximum atomic E-state index is 12.1. The zero-order valence-corrected chi connectivity index (χ0v) is 12.1. The fourth-order valence-corrected chi connectivity index (χ4v) is 2.56. The van der Waals surface area contributed by atoms with Crippen molar-refractivity contribution >= 4 is 11.6 Å². The normalized spacial score (nSPS) is 21.4. The third kappa shape index (κ3) is 3.29. The molecule has 110 valence electrons. The first kappa shape index (κ1) is 14.8. The van der Waals surface area contributed by atoms with Crippen LogP contribution in [0.5, 0.6) is 0 Å². The van der Waals surface area contributed by atoms with E-state index in [0.29, 0.717) is 19.8 Å². The van der Waals surface area contributed by atoms with Gasteiger partial charge < -0.3 is 15.8 Å². The van der Waals surface area contributed by atoms with Crippen molar-refractivity contribution in [1.29, 1.82) is 0 Å². The molecular weight excluding hydrogens is 254 g/mol. The van der Waals surface area contributed by atoms with Crippen LogP contribution in [0.2, 0.25) is 0 Å². The number of hydrogen-bond acceptors (Lipinski definition) is 4. The number of nitrogens with one attached hydrogen (secondary N) is 1. The third-order valence-electron chi connectivity index (χ3n) is 3.74. The Labute approximate surface area is 120 Å². The topological polar surface area (TPSA) is 67.6 Å². The van der Waals surface area contributed by atoms with Crippen LogP contribution in [-0.2, 0) is 9.53 Å². The van der Waals surface area contributed by atoms with Gasteiger partial charge in [-0.2, -0.15) is 0 Å². The van der Waals surface area contributed by atoms with Crippen LogP contribution in [0, 0.1) is 0 Å². The fraction of sp³-hybridized carbons (Fsp3) is 0.533. The number of morpholine rings is 1. The first-order valence-electron chi connectivity index (χ1n) is 7.10. The van der Waals surface area contributed by atoms with Crippen molar-refractivity contribution in [2.45, 2.75) is 25.9 Å². The lowest BCUT2D eigenvalue weighted by atomic mass is 10.0. The number of rotatable bonds is 4. The van der Waals surface area contributed by atoms with E-state index in [9.17, 15) is 4.79 Å². The Morgan fingerprint density at radius 1 is 1.50 bits per heavy atom. The summed E-state index contributed by atoms with van der Waals surface area (Å²) < 4.78 is 5.46. The lowest BCUT2D eigenvalue weighted by Gasteiger charge is -2.38. The van der Waals surface area contributed by atoms with Crippen molar-refractivity contribution in [2.24, 2.45) is 0 Å². The summed E-state index contributed by atoms with van der Waals surface area (Å²) in [6.45, 7) is 6.55. The molecule has 2 atom stereocenters. The van der Waals surface area contributed by atoms with Gasteiger partial charge in [-0.05, 0) is 31.5 Å². The maximum absolute atomic E-state index is 12.1. The molecule has 0 spiro atoms. The average Bonchev–Trinajstić information content (AvgIpc) is 2.47. The molecule has 2 rings (SSSR count). The van der Waals surface area contributed by atoms with E-state index in [1.54, 1.807) is 0 Å². The monoisotopic (exact) mass is 277 g/mol. The molecule has 1 aromatic carbocycles. The summed E-state index contributed by atoms with van der Waals surface area (Å²) in [5, 5.41) is 2.88. The van der Waals surface area contributed by atoms with E-state index in [0.717, 1.165) is 17.8 Å². The number of nitrogen functional groups attached to an aromatic ring is 1. The van der Waals surface area contributed by atoms with E-state index in [-0.39, 0.29) is 18.0 Å². The van der Waals surface area contributed by atoms with Gasteiger partial charge in [-0.25, -0.2) is 0 Å². The standard InChI is InChI=1S/C15H23N3O2/c1-3-17-15(19)14-10-20-9-8-18(14)11(2)12-4-6-13(16)7-5-12/h4-7,11,14H,3,8-10,16H2,1-2H3,(H,17,19). The molecule has 0 radical (unpaired) electrons. The molecule has 1 heterocycles. The van der Waals surface area contributed by atoms with Crippen LogP contribution in [0.15, 0.2) is 24.3 Å². The number of nitrogens with two attached hydrogens (primary N) is 1. The van der Waals surface area contributed by atoms with Crippen LogP contribution in [0.3, 0.4) is 0 Å². The minimum absolute atomic E-state index is 0.0366. The van der Waals surface area contributed by atoms with Crippen LogP contribution in [0.25, 0.3) is 0 Å². The Hall–Kier alpha value is -1.59. The molecule has 5 nitrogen and oxygen atoms in total. The zero-order chi connectivity index (χ0) is 14.5. The van der Waals surface area contributed by atoms with E-state index in [4.69, 9.17) is 10.5 Å².